The summed E-state index contributed by atoms with van der Waals surface area (Å²) in [5.41, 5.74) is 8.02. The number of hydrogen-bond acceptors (Lipinski definition) is 3. The third kappa shape index (κ3) is 4.70. The Morgan fingerprint density at radius 3 is 2.31 bits per heavy atom. The van der Waals surface area contributed by atoms with Crippen LogP contribution in [-0.2, 0) is 0 Å². The van der Waals surface area contributed by atoms with E-state index in [0.717, 1.165) is 11.3 Å². The number of nitrogens with one attached hydrogen (secondary N) is 2. The molecule has 13 heavy (non-hydrogen) atoms. The lowest BCUT2D eigenvalue weighted by Crippen LogP contribution is -2.30. The van der Waals surface area contributed by atoms with Crippen LogP contribution in [0, 0.1) is 0 Å². The summed E-state index contributed by atoms with van der Waals surface area (Å²) in [5.74, 6) is 0. The molecule has 0 bridgehead atoms. The average Bonchev–Trinajstić information content (AvgIpc) is 2.03. The third-order valence-corrected chi connectivity index (χ3v) is 1.94. The molecular formula is C10H21N3. The minimum absolute atomic E-state index is 0.396. The van der Waals surface area contributed by atoms with Crippen LogP contribution in [0.2, 0.25) is 0 Å². The van der Waals surface area contributed by atoms with Gasteiger partial charge in [0.25, 0.3) is 0 Å². The van der Waals surface area contributed by atoms with Gasteiger partial charge in [-0.25, -0.2) is 5.43 Å². The largest absolute Gasteiger partial charge is 0.322 e. The number of nitrogens with zero attached hydrogens (tertiary/aromatic N) is 1. The number of likely N-dealkylation sites (N-methyl/N-ethyl adjacent to an activating group) is 1. The van der Waals surface area contributed by atoms with Gasteiger partial charge in [0.05, 0.1) is 0 Å². The number of allylic oxidation sites excluding steroid dienone is 1. The van der Waals surface area contributed by atoms with Crippen molar-refractivity contribution in [3.8, 4) is 0 Å². The van der Waals surface area contributed by atoms with Gasteiger partial charge in [0.1, 0.15) is 0 Å². The van der Waals surface area contributed by atoms with E-state index in [1.807, 2.05) is 14.0 Å². The van der Waals surface area contributed by atoms with Crippen LogP contribution in [0.25, 0.3) is 0 Å². The molecule has 0 rings (SSSR count). The van der Waals surface area contributed by atoms with Gasteiger partial charge in [-0.3, -0.25) is 0 Å². The van der Waals surface area contributed by atoms with Crippen LogP contribution >= 0.6 is 0 Å². The molecule has 3 nitrogen and oxygen atoms in total. The molecule has 0 aliphatic rings. The minimum atomic E-state index is 0.396. The fourth-order valence-corrected chi connectivity index (χ4v) is 0.816. The Labute approximate surface area is 81.5 Å². The molecule has 1 unspecified atom stereocenters. The highest BCUT2D eigenvalue weighted by molar-refractivity contribution is 5.25. The molecule has 0 aromatic heterocycles. The quantitative estimate of drug-likeness (QED) is 0.494. The van der Waals surface area contributed by atoms with E-state index in [1.54, 1.807) is 0 Å². The molecule has 3 heteroatoms. The first-order chi connectivity index (χ1) is 5.99. The number of rotatable bonds is 5. The molecule has 0 amide bonds. The SMILES string of the molecule is C=C(C)/C(=C\C(C)N(C)C)NNC. The average molecular weight is 183 g/mol. The van der Waals surface area contributed by atoms with Crippen LogP contribution < -0.4 is 10.9 Å². The van der Waals surface area contributed by atoms with Gasteiger partial charge in [-0.05, 0) is 39.6 Å². The van der Waals surface area contributed by atoms with Gasteiger partial charge >= 0.3 is 0 Å². The Kier molecular flexibility index (Phi) is 5.42. The zero-order valence-electron chi connectivity index (χ0n) is 9.31. The van der Waals surface area contributed by atoms with E-state index in [-0.39, 0.29) is 0 Å². The molecule has 0 spiro atoms. The smallest absolute Gasteiger partial charge is 0.0486 e. The summed E-state index contributed by atoms with van der Waals surface area (Å²) in [6, 6.07) is 0.396. The second-order valence-electron chi connectivity index (χ2n) is 3.44. The molecule has 0 aromatic rings. The summed E-state index contributed by atoms with van der Waals surface area (Å²) >= 11 is 0. The summed E-state index contributed by atoms with van der Waals surface area (Å²) in [6.45, 7) is 8.02. The summed E-state index contributed by atoms with van der Waals surface area (Å²) in [7, 11) is 5.95. The number of hydrogen-bond donors (Lipinski definition) is 2. The Morgan fingerprint density at radius 1 is 1.46 bits per heavy atom. The topological polar surface area (TPSA) is 27.3 Å². The predicted molar refractivity (Wildman–Crippen MR) is 58.2 cm³/mol. The fraction of sp³-hybridized carbons (Fsp3) is 0.600. The first kappa shape index (κ1) is 12.2. The van der Waals surface area contributed by atoms with Gasteiger partial charge in [-0.1, -0.05) is 6.58 Å². The lowest BCUT2D eigenvalue weighted by atomic mass is 10.2. The summed E-state index contributed by atoms with van der Waals surface area (Å²) in [5, 5.41) is 0. The Morgan fingerprint density at radius 2 is 2.00 bits per heavy atom. The Hall–Kier alpha value is -0.800. The highest BCUT2D eigenvalue weighted by Gasteiger charge is 2.03. The van der Waals surface area contributed by atoms with Gasteiger partial charge in [0.2, 0.25) is 0 Å². The van der Waals surface area contributed by atoms with E-state index in [9.17, 15) is 0 Å². The third-order valence-electron chi connectivity index (χ3n) is 1.94. The summed E-state index contributed by atoms with van der Waals surface area (Å²) < 4.78 is 0. The van der Waals surface area contributed by atoms with Crippen molar-refractivity contribution in [2.75, 3.05) is 21.1 Å². The summed E-state index contributed by atoms with van der Waals surface area (Å²) in [4.78, 5) is 2.14. The summed E-state index contributed by atoms with van der Waals surface area (Å²) in [6.07, 6.45) is 2.14. The van der Waals surface area contributed by atoms with E-state index < -0.39 is 0 Å². The highest BCUT2D eigenvalue weighted by atomic mass is 15.3. The van der Waals surface area contributed by atoms with Crippen molar-refractivity contribution < 1.29 is 0 Å². The zero-order chi connectivity index (χ0) is 10.4. The van der Waals surface area contributed by atoms with Crippen LogP contribution in [0.15, 0.2) is 23.9 Å². The molecule has 0 aromatic carbocycles. The molecule has 1 atom stereocenters. The van der Waals surface area contributed by atoms with E-state index in [1.165, 1.54) is 0 Å². The van der Waals surface area contributed by atoms with Gasteiger partial charge < -0.3 is 10.3 Å². The van der Waals surface area contributed by atoms with Gasteiger partial charge in [-0.15, -0.1) is 0 Å². The first-order valence-electron chi connectivity index (χ1n) is 4.46. The van der Waals surface area contributed by atoms with Crippen molar-refractivity contribution in [2.45, 2.75) is 19.9 Å². The monoisotopic (exact) mass is 183 g/mol. The maximum Gasteiger partial charge on any atom is 0.0486 e. The van der Waals surface area contributed by atoms with Crippen molar-refractivity contribution in [1.29, 1.82) is 0 Å². The maximum atomic E-state index is 3.90. The molecule has 0 aliphatic heterocycles. The van der Waals surface area contributed by atoms with E-state index in [4.69, 9.17) is 0 Å². The number of hydrazine groups is 1. The molecular weight excluding hydrogens is 162 g/mol. The van der Waals surface area contributed by atoms with Crippen LogP contribution in [0.3, 0.4) is 0 Å². The standard InChI is InChI=1S/C10H21N3/c1-8(2)10(12-11-4)7-9(3)13(5)6/h7,9,11-12H,1H2,2-6H3/b10-7+. The van der Waals surface area contributed by atoms with Crippen LogP contribution in [0.4, 0.5) is 0 Å². The van der Waals surface area contributed by atoms with Crippen molar-refractivity contribution in [2.24, 2.45) is 0 Å². The van der Waals surface area contributed by atoms with Crippen molar-refractivity contribution in [1.82, 2.24) is 15.8 Å². The van der Waals surface area contributed by atoms with Crippen molar-refractivity contribution >= 4 is 0 Å². The van der Waals surface area contributed by atoms with Gasteiger partial charge in [0, 0.05) is 18.8 Å². The van der Waals surface area contributed by atoms with E-state index in [0.29, 0.717) is 6.04 Å². The lowest BCUT2D eigenvalue weighted by Gasteiger charge is -2.18. The van der Waals surface area contributed by atoms with Gasteiger partial charge in [0.15, 0.2) is 0 Å². The van der Waals surface area contributed by atoms with Gasteiger partial charge in [-0.2, -0.15) is 0 Å². The normalized spacial score (nSPS) is 14.5. The Bertz CT molecular complexity index is 194. The molecule has 0 saturated carbocycles. The first-order valence-corrected chi connectivity index (χ1v) is 4.46. The fourth-order valence-electron chi connectivity index (χ4n) is 0.816. The second kappa shape index (κ2) is 5.78. The second-order valence-corrected chi connectivity index (χ2v) is 3.44. The maximum absolute atomic E-state index is 3.90. The van der Waals surface area contributed by atoms with Crippen LogP contribution in [-0.4, -0.2) is 32.1 Å². The minimum Gasteiger partial charge on any atom is -0.322 e. The van der Waals surface area contributed by atoms with Crippen molar-refractivity contribution in [3.05, 3.63) is 23.9 Å². The zero-order valence-corrected chi connectivity index (χ0v) is 9.31. The molecule has 0 saturated heterocycles. The lowest BCUT2D eigenvalue weighted by molar-refractivity contribution is 0.362. The Balaban J connectivity index is 4.43. The molecule has 76 valence electrons. The molecule has 2 N–H and O–H groups in total. The molecule has 0 radical (unpaired) electrons. The molecule has 0 aliphatic carbocycles. The molecule has 0 fully saturated rings. The van der Waals surface area contributed by atoms with Crippen LogP contribution in [0.5, 0.6) is 0 Å². The predicted octanol–water partition coefficient (Wildman–Crippen LogP) is 1.12. The van der Waals surface area contributed by atoms with E-state index in [2.05, 4.69) is 49.4 Å². The van der Waals surface area contributed by atoms with Crippen LogP contribution in [0.1, 0.15) is 13.8 Å². The highest BCUT2D eigenvalue weighted by Crippen LogP contribution is 2.05. The van der Waals surface area contributed by atoms with E-state index >= 15 is 0 Å². The van der Waals surface area contributed by atoms with Crippen molar-refractivity contribution in [3.63, 3.8) is 0 Å². The molecule has 0 heterocycles.